The van der Waals surface area contributed by atoms with E-state index in [9.17, 15) is 9.59 Å². The van der Waals surface area contributed by atoms with E-state index in [0.29, 0.717) is 22.6 Å². The zero-order chi connectivity index (χ0) is 17.3. The number of nitrogens with zero attached hydrogens (tertiary/aromatic N) is 1. The van der Waals surface area contributed by atoms with E-state index in [4.69, 9.17) is 4.74 Å². The van der Waals surface area contributed by atoms with Gasteiger partial charge in [-0.1, -0.05) is 35.9 Å². The molecule has 0 unspecified atom stereocenters. The number of ether oxygens (including phenoxy) is 1. The number of anilines is 1. The minimum Gasteiger partial charge on any atom is -0.497 e. The summed E-state index contributed by atoms with van der Waals surface area (Å²) in [6.45, 7) is 1.97. The molecule has 2 aromatic carbocycles. The quantitative estimate of drug-likeness (QED) is 0.880. The van der Waals surface area contributed by atoms with E-state index in [2.05, 4.69) is 5.32 Å². The summed E-state index contributed by atoms with van der Waals surface area (Å²) in [4.78, 5) is 26.1. The number of amides is 2. The Balaban J connectivity index is 2.06. The minimum atomic E-state index is -0.349. The first kappa shape index (κ1) is 15.8. The van der Waals surface area contributed by atoms with Gasteiger partial charge in [-0.05, 0) is 24.6 Å². The van der Waals surface area contributed by atoms with Gasteiger partial charge in [0.25, 0.3) is 11.8 Å². The van der Waals surface area contributed by atoms with E-state index in [-0.39, 0.29) is 17.5 Å². The molecule has 0 radical (unpaired) electrons. The number of likely N-dealkylation sites (N-methyl/N-ethyl adjacent to an activating group) is 1. The fraction of sp³-hybridized carbons (Fsp3) is 0.158. The first-order valence-corrected chi connectivity index (χ1v) is 7.56. The molecule has 0 aromatic heterocycles. The molecule has 0 spiro atoms. The third-order valence-electron chi connectivity index (χ3n) is 3.97. The zero-order valence-corrected chi connectivity index (χ0v) is 13.8. The van der Waals surface area contributed by atoms with Crippen molar-refractivity contribution >= 4 is 23.1 Å². The van der Waals surface area contributed by atoms with Gasteiger partial charge >= 0.3 is 0 Å². The van der Waals surface area contributed by atoms with Gasteiger partial charge in [0.15, 0.2) is 0 Å². The van der Waals surface area contributed by atoms with Crippen LogP contribution in [0.25, 0.3) is 5.57 Å². The number of nitrogens with one attached hydrogen (secondary N) is 1. The van der Waals surface area contributed by atoms with E-state index < -0.39 is 0 Å². The van der Waals surface area contributed by atoms with Gasteiger partial charge in [0, 0.05) is 18.8 Å². The molecule has 2 amide bonds. The second kappa shape index (κ2) is 6.20. The summed E-state index contributed by atoms with van der Waals surface area (Å²) in [7, 11) is 3.06. The summed E-state index contributed by atoms with van der Waals surface area (Å²) < 4.78 is 5.19. The summed E-state index contributed by atoms with van der Waals surface area (Å²) in [6.07, 6.45) is 0. The van der Waals surface area contributed by atoms with Crippen LogP contribution in [-0.4, -0.2) is 30.9 Å². The van der Waals surface area contributed by atoms with E-state index in [0.717, 1.165) is 10.5 Å². The molecule has 1 aliphatic rings. The molecule has 0 bridgehead atoms. The van der Waals surface area contributed by atoms with Gasteiger partial charge in [0.1, 0.15) is 11.4 Å². The third-order valence-corrected chi connectivity index (χ3v) is 3.97. The van der Waals surface area contributed by atoms with Crippen molar-refractivity contribution in [2.45, 2.75) is 6.92 Å². The van der Waals surface area contributed by atoms with E-state index in [1.54, 1.807) is 13.2 Å². The maximum atomic E-state index is 12.5. The van der Waals surface area contributed by atoms with Crippen LogP contribution in [0.3, 0.4) is 0 Å². The Morgan fingerprint density at radius 1 is 1.00 bits per heavy atom. The number of methoxy groups -OCH3 is 1. The molecule has 0 saturated heterocycles. The lowest BCUT2D eigenvalue weighted by Gasteiger charge is -2.10. The molecule has 1 aliphatic heterocycles. The van der Waals surface area contributed by atoms with Crippen LogP contribution >= 0.6 is 0 Å². The minimum absolute atomic E-state index is 0.277. The average Bonchev–Trinajstić information content (AvgIpc) is 2.80. The Labute approximate surface area is 140 Å². The monoisotopic (exact) mass is 322 g/mol. The number of hydrogen-bond acceptors (Lipinski definition) is 4. The first-order chi connectivity index (χ1) is 11.5. The Hall–Kier alpha value is -3.08. The molecule has 0 fully saturated rings. The van der Waals surface area contributed by atoms with Crippen molar-refractivity contribution in [2.75, 3.05) is 19.5 Å². The van der Waals surface area contributed by atoms with Crippen LogP contribution in [0.2, 0.25) is 0 Å². The standard InChI is InChI=1S/C19H18N2O3/c1-12-7-9-13(10-8-12)16-17(19(23)21(2)18(16)22)20-14-5-4-6-15(11-14)24-3/h4-11,20H,1-3H3. The first-order valence-electron chi connectivity index (χ1n) is 7.56. The number of hydrogen-bond donors (Lipinski definition) is 1. The summed E-state index contributed by atoms with van der Waals surface area (Å²) in [5, 5.41) is 3.08. The largest absolute Gasteiger partial charge is 0.497 e. The van der Waals surface area contributed by atoms with Crippen molar-refractivity contribution in [3.63, 3.8) is 0 Å². The molecule has 5 nitrogen and oxygen atoms in total. The molecule has 2 aromatic rings. The van der Waals surface area contributed by atoms with Gasteiger partial charge in [-0.3, -0.25) is 14.5 Å². The van der Waals surface area contributed by atoms with Crippen LogP contribution < -0.4 is 10.1 Å². The molecule has 1 N–H and O–H groups in total. The SMILES string of the molecule is COc1cccc(NC2=C(c3ccc(C)cc3)C(=O)N(C)C2=O)c1. The van der Waals surface area contributed by atoms with Gasteiger partial charge in [-0.15, -0.1) is 0 Å². The number of rotatable bonds is 4. The Bertz CT molecular complexity index is 838. The van der Waals surface area contributed by atoms with Crippen molar-refractivity contribution in [1.29, 1.82) is 0 Å². The van der Waals surface area contributed by atoms with Crippen molar-refractivity contribution in [3.8, 4) is 5.75 Å². The highest BCUT2D eigenvalue weighted by Crippen LogP contribution is 2.30. The third kappa shape index (κ3) is 2.76. The number of imide groups is 1. The predicted octanol–water partition coefficient (Wildman–Crippen LogP) is 2.83. The summed E-state index contributed by atoms with van der Waals surface area (Å²) in [6, 6.07) is 14.8. The maximum absolute atomic E-state index is 12.5. The Kier molecular flexibility index (Phi) is 4.08. The van der Waals surface area contributed by atoms with E-state index in [1.807, 2.05) is 49.4 Å². The summed E-state index contributed by atoms with van der Waals surface area (Å²) >= 11 is 0. The van der Waals surface area contributed by atoms with Crippen LogP contribution in [0.1, 0.15) is 11.1 Å². The number of aryl methyl sites for hydroxylation is 1. The molecule has 24 heavy (non-hydrogen) atoms. The second-order valence-electron chi connectivity index (χ2n) is 5.64. The van der Waals surface area contributed by atoms with Crippen molar-refractivity contribution in [1.82, 2.24) is 4.90 Å². The summed E-state index contributed by atoms with van der Waals surface area (Å²) in [5.41, 5.74) is 3.15. The number of carbonyl (C=O) groups excluding carboxylic acids is 2. The number of benzene rings is 2. The fourth-order valence-corrected chi connectivity index (χ4v) is 2.59. The molecule has 0 atom stereocenters. The molecule has 122 valence electrons. The Morgan fingerprint density at radius 2 is 1.71 bits per heavy atom. The fourth-order valence-electron chi connectivity index (χ4n) is 2.59. The van der Waals surface area contributed by atoms with Crippen LogP contribution in [0.5, 0.6) is 5.75 Å². The van der Waals surface area contributed by atoms with Gasteiger partial charge in [0.05, 0.1) is 12.7 Å². The molecular formula is C19H18N2O3. The van der Waals surface area contributed by atoms with Gasteiger partial charge in [-0.2, -0.15) is 0 Å². The van der Waals surface area contributed by atoms with Crippen molar-refractivity contribution < 1.29 is 14.3 Å². The molecule has 0 aliphatic carbocycles. The normalized spacial score (nSPS) is 14.4. The van der Waals surface area contributed by atoms with Crippen molar-refractivity contribution in [2.24, 2.45) is 0 Å². The van der Waals surface area contributed by atoms with E-state index >= 15 is 0 Å². The number of carbonyl (C=O) groups is 2. The summed E-state index contributed by atoms with van der Waals surface area (Å²) in [5.74, 6) is 0.00950. The van der Waals surface area contributed by atoms with Crippen LogP contribution in [-0.2, 0) is 9.59 Å². The molecule has 5 heteroatoms. The predicted molar refractivity (Wildman–Crippen MR) is 92.5 cm³/mol. The van der Waals surface area contributed by atoms with Crippen molar-refractivity contribution in [3.05, 3.63) is 65.4 Å². The lowest BCUT2D eigenvalue weighted by molar-refractivity contribution is -0.135. The Morgan fingerprint density at radius 3 is 2.38 bits per heavy atom. The highest BCUT2D eigenvalue weighted by molar-refractivity contribution is 6.36. The van der Waals surface area contributed by atoms with Gasteiger partial charge in [-0.25, -0.2) is 0 Å². The van der Waals surface area contributed by atoms with Crippen LogP contribution in [0, 0.1) is 6.92 Å². The van der Waals surface area contributed by atoms with Gasteiger partial charge < -0.3 is 10.1 Å². The average molecular weight is 322 g/mol. The van der Waals surface area contributed by atoms with Crippen LogP contribution in [0.15, 0.2) is 54.2 Å². The maximum Gasteiger partial charge on any atom is 0.277 e. The highest BCUT2D eigenvalue weighted by Gasteiger charge is 2.36. The van der Waals surface area contributed by atoms with Gasteiger partial charge in [0.2, 0.25) is 0 Å². The topological polar surface area (TPSA) is 58.6 Å². The molecule has 3 rings (SSSR count). The van der Waals surface area contributed by atoms with Crippen LogP contribution in [0.4, 0.5) is 5.69 Å². The highest BCUT2D eigenvalue weighted by atomic mass is 16.5. The smallest absolute Gasteiger partial charge is 0.277 e. The second-order valence-corrected chi connectivity index (χ2v) is 5.64. The van der Waals surface area contributed by atoms with E-state index in [1.165, 1.54) is 7.05 Å². The molecule has 0 saturated carbocycles. The lowest BCUT2D eigenvalue weighted by Crippen LogP contribution is -2.27. The molecular weight excluding hydrogens is 304 g/mol. The zero-order valence-electron chi connectivity index (χ0n) is 13.8. The lowest BCUT2D eigenvalue weighted by atomic mass is 10.0. The molecule has 1 heterocycles.